The minimum absolute atomic E-state index is 0.0517. The number of methoxy groups -OCH3 is 2. The van der Waals surface area contributed by atoms with Crippen LogP contribution < -0.4 is 10.6 Å². The number of carbonyl (C=O) groups excluding carboxylic acids is 3. The second-order valence-electron chi connectivity index (χ2n) is 15.6. The van der Waals surface area contributed by atoms with Crippen LogP contribution in [0.2, 0.25) is 0 Å². The molecule has 2 saturated heterocycles. The number of nitrogens with zero attached hydrogens (tertiary/aromatic N) is 6. The number of H-pyrrole nitrogens is 2. The van der Waals surface area contributed by atoms with Gasteiger partial charge in [-0.25, -0.2) is 24.7 Å². The highest BCUT2D eigenvalue weighted by Gasteiger charge is 2.39. The van der Waals surface area contributed by atoms with E-state index in [2.05, 4.69) is 53.8 Å². The quantitative estimate of drug-likeness (QED) is 0.0966. The molecule has 3 aromatic heterocycles. The number of aromatic nitrogens is 6. The minimum atomic E-state index is -1.23. The summed E-state index contributed by atoms with van der Waals surface area (Å²) in [6, 6.07) is 12.6. The lowest BCUT2D eigenvalue weighted by Crippen LogP contribution is -2.52. The minimum Gasteiger partial charge on any atom is -0.453 e. The van der Waals surface area contributed by atoms with E-state index < -0.39 is 24.6 Å². The van der Waals surface area contributed by atoms with Gasteiger partial charge in [-0.15, -0.1) is 0 Å². The molecule has 2 fully saturated rings. The van der Waals surface area contributed by atoms with Crippen molar-refractivity contribution in [2.45, 2.75) is 84.0 Å². The predicted molar refractivity (Wildman–Crippen MR) is 216 cm³/mol. The molecule has 5 N–H and O–H groups in total. The first-order valence-corrected chi connectivity index (χ1v) is 19.9. The first-order chi connectivity index (χ1) is 27.9. The molecule has 2 aliphatic rings. The Bertz CT molecular complexity index is 2220. The Morgan fingerprint density at radius 2 is 1.34 bits per heavy atom. The number of amides is 3. The van der Waals surface area contributed by atoms with Gasteiger partial charge in [-0.3, -0.25) is 14.9 Å². The monoisotopic (exact) mass is 792 g/mol. The maximum atomic E-state index is 13.6. The van der Waals surface area contributed by atoms with Crippen LogP contribution >= 0.6 is 0 Å². The summed E-state index contributed by atoms with van der Waals surface area (Å²) in [7, 11) is 2.67. The second-order valence-corrected chi connectivity index (χ2v) is 15.6. The molecule has 5 aromatic rings. The van der Waals surface area contributed by atoms with Gasteiger partial charge in [0.1, 0.15) is 23.4 Å². The topological polar surface area (TPSA) is 204 Å². The van der Waals surface area contributed by atoms with Gasteiger partial charge in [0, 0.05) is 38.2 Å². The van der Waals surface area contributed by atoms with E-state index in [4.69, 9.17) is 14.5 Å². The summed E-state index contributed by atoms with van der Waals surface area (Å²) in [5, 5.41) is 15.6. The molecular weight excluding hydrogens is 741 g/mol. The van der Waals surface area contributed by atoms with Crippen molar-refractivity contribution in [1.29, 1.82) is 0 Å². The van der Waals surface area contributed by atoms with Crippen LogP contribution in [0.4, 0.5) is 4.79 Å². The fourth-order valence-corrected chi connectivity index (χ4v) is 7.91. The summed E-state index contributed by atoms with van der Waals surface area (Å²) in [5.41, 5.74) is 6.23. The van der Waals surface area contributed by atoms with Crippen LogP contribution in [0, 0.1) is 11.8 Å². The molecule has 5 heterocycles. The summed E-state index contributed by atoms with van der Waals surface area (Å²) in [4.78, 5) is 68.3. The number of ether oxygens (including phenoxy) is 2. The SMILES string of the molecule is COC(=O)NC(C(=O)N1CCCC1c1ncc(-c2ncc(-c3ccc(-c4ccc5nc(C6CCCN6C(=O)C(NC(O)OC)C(C)C)[nH]c5c4)cc3)cn2)[nH]1)C(C)C. The highest BCUT2D eigenvalue weighted by atomic mass is 16.6. The summed E-state index contributed by atoms with van der Waals surface area (Å²) in [5.74, 6) is 1.46. The maximum absolute atomic E-state index is 13.6. The van der Waals surface area contributed by atoms with Crippen LogP contribution in [0.25, 0.3) is 44.8 Å². The normalized spacial score (nSPS) is 18.6. The number of rotatable bonds is 13. The van der Waals surface area contributed by atoms with Crippen molar-refractivity contribution >= 4 is 28.9 Å². The molecule has 7 rings (SSSR count). The third-order valence-electron chi connectivity index (χ3n) is 11.1. The van der Waals surface area contributed by atoms with E-state index in [0.29, 0.717) is 30.4 Å². The van der Waals surface area contributed by atoms with Gasteiger partial charge in [-0.2, -0.15) is 0 Å². The average Bonchev–Trinajstić information content (AvgIpc) is 4.07. The molecule has 0 radical (unpaired) electrons. The number of hydrogen-bond donors (Lipinski definition) is 5. The second kappa shape index (κ2) is 17.4. The molecular formula is C42H52N10O6. The smallest absolute Gasteiger partial charge is 0.407 e. The molecule has 3 amide bonds. The standard InChI is InChI=1S/C42H52N10O6/c1-23(2)34(49-41(55)57-5)39(53)51-17-7-9-32(51)37-45-22-31(48-37)36-43-20-28(21-44-36)26-13-11-25(12-14-26)27-15-16-29-30(19-27)47-38(46-29)33-10-8-18-52(33)40(54)35(24(3)4)50-42(56)58-6/h11-16,19-24,32-35,42,50,56H,7-10,17-18H2,1-6H3,(H,45,48)(H,46,47)(H,49,55). The third-order valence-corrected chi connectivity index (χ3v) is 11.1. The Balaban J connectivity index is 1.02. The van der Waals surface area contributed by atoms with E-state index in [9.17, 15) is 19.5 Å². The fraction of sp³-hybridized carbons (Fsp3) is 0.452. The first-order valence-electron chi connectivity index (χ1n) is 19.9. The van der Waals surface area contributed by atoms with Gasteiger partial charge in [0.25, 0.3) is 0 Å². The van der Waals surface area contributed by atoms with Crippen LogP contribution in [-0.2, 0) is 19.1 Å². The number of benzene rings is 2. The van der Waals surface area contributed by atoms with Crippen LogP contribution in [0.1, 0.15) is 77.1 Å². The zero-order valence-corrected chi connectivity index (χ0v) is 33.7. The lowest BCUT2D eigenvalue weighted by molar-refractivity contribution is -0.145. The third kappa shape index (κ3) is 8.44. The highest BCUT2D eigenvalue weighted by Crippen LogP contribution is 2.35. The van der Waals surface area contributed by atoms with Gasteiger partial charge >= 0.3 is 6.09 Å². The Labute approximate surface area is 337 Å². The van der Waals surface area contributed by atoms with Gasteiger partial charge in [-0.05, 0) is 66.3 Å². The van der Waals surface area contributed by atoms with E-state index >= 15 is 0 Å². The van der Waals surface area contributed by atoms with Crippen molar-refractivity contribution in [2.75, 3.05) is 27.3 Å². The molecule has 58 heavy (non-hydrogen) atoms. The van der Waals surface area contributed by atoms with Crippen molar-refractivity contribution < 1.29 is 29.0 Å². The number of aliphatic hydroxyl groups excluding tert-OH is 1. The molecule has 0 aliphatic carbocycles. The van der Waals surface area contributed by atoms with E-state index in [1.165, 1.54) is 14.2 Å². The van der Waals surface area contributed by atoms with Crippen LogP contribution in [0.3, 0.4) is 0 Å². The number of hydrogen-bond acceptors (Lipinski definition) is 11. The van der Waals surface area contributed by atoms with Gasteiger partial charge in [-0.1, -0.05) is 58.0 Å². The largest absolute Gasteiger partial charge is 0.453 e. The molecule has 0 bridgehead atoms. The number of aromatic amines is 2. The lowest BCUT2D eigenvalue weighted by Gasteiger charge is -2.31. The summed E-state index contributed by atoms with van der Waals surface area (Å²) >= 11 is 0. The van der Waals surface area contributed by atoms with Gasteiger partial charge in [0.2, 0.25) is 18.2 Å². The summed E-state index contributed by atoms with van der Waals surface area (Å²) < 4.78 is 9.71. The van der Waals surface area contributed by atoms with Crippen molar-refractivity contribution in [3.8, 4) is 33.8 Å². The van der Waals surface area contributed by atoms with E-state index in [1.807, 2.05) is 56.9 Å². The van der Waals surface area contributed by atoms with Crippen molar-refractivity contribution in [1.82, 2.24) is 50.3 Å². The van der Waals surface area contributed by atoms with Gasteiger partial charge in [0.15, 0.2) is 5.82 Å². The number of carbonyl (C=O) groups is 3. The fourth-order valence-electron chi connectivity index (χ4n) is 7.91. The molecule has 16 nitrogen and oxygen atoms in total. The Morgan fingerprint density at radius 3 is 1.95 bits per heavy atom. The molecule has 5 unspecified atom stereocenters. The van der Waals surface area contributed by atoms with Gasteiger partial charge in [0.05, 0.1) is 42.5 Å². The van der Waals surface area contributed by atoms with Crippen LogP contribution in [-0.4, -0.2) is 109 Å². The molecule has 5 atom stereocenters. The molecule has 0 saturated carbocycles. The maximum Gasteiger partial charge on any atom is 0.407 e. The van der Waals surface area contributed by atoms with Crippen molar-refractivity contribution in [3.63, 3.8) is 0 Å². The number of aliphatic hydroxyl groups is 1. The highest BCUT2D eigenvalue weighted by molar-refractivity contribution is 5.87. The zero-order valence-electron chi connectivity index (χ0n) is 33.7. The summed E-state index contributed by atoms with van der Waals surface area (Å²) in [6.45, 7) is 8.84. The van der Waals surface area contributed by atoms with Crippen LogP contribution in [0.15, 0.2) is 61.1 Å². The molecule has 2 aliphatic heterocycles. The predicted octanol–water partition coefficient (Wildman–Crippen LogP) is 5.32. The van der Waals surface area contributed by atoms with E-state index in [1.54, 1.807) is 23.5 Å². The first kappa shape index (κ1) is 40.5. The molecule has 306 valence electrons. The summed E-state index contributed by atoms with van der Waals surface area (Å²) in [6.07, 6.45) is 6.61. The van der Waals surface area contributed by atoms with E-state index in [-0.39, 0.29) is 35.7 Å². The molecule has 16 heteroatoms. The number of alkyl carbamates (subject to hydrolysis) is 1. The Morgan fingerprint density at radius 1 is 0.759 bits per heavy atom. The number of imidazole rings is 2. The van der Waals surface area contributed by atoms with E-state index in [0.717, 1.165) is 64.8 Å². The molecule has 2 aromatic carbocycles. The zero-order chi connectivity index (χ0) is 41.1. The van der Waals surface area contributed by atoms with Crippen LogP contribution in [0.5, 0.6) is 0 Å². The lowest BCUT2D eigenvalue weighted by atomic mass is 10.0. The average molecular weight is 793 g/mol. The number of likely N-dealkylation sites (tertiary alicyclic amines) is 2. The molecule has 0 spiro atoms. The Kier molecular flexibility index (Phi) is 12.2. The van der Waals surface area contributed by atoms with Crippen molar-refractivity contribution in [2.24, 2.45) is 11.8 Å². The van der Waals surface area contributed by atoms with Gasteiger partial charge < -0.3 is 39.7 Å². The Hall–Kier alpha value is -5.71. The van der Waals surface area contributed by atoms with Crippen molar-refractivity contribution in [3.05, 3.63) is 72.7 Å². The number of fused-ring (bicyclic) bond motifs is 1. The number of nitrogens with one attached hydrogen (secondary N) is 4.